The minimum Gasteiger partial charge on any atom is -0.507 e. The Morgan fingerprint density at radius 1 is 1.09 bits per heavy atom. The Labute approximate surface area is 125 Å². The highest BCUT2D eigenvalue weighted by atomic mass is 16.3. The Morgan fingerprint density at radius 3 is 2.77 bits per heavy atom. The van der Waals surface area contributed by atoms with Crippen LogP contribution in [0.4, 0.5) is 5.69 Å². The largest absolute Gasteiger partial charge is 0.507 e. The molecule has 0 radical (unpaired) electrons. The number of aromatic amines is 1. The maximum atomic E-state index is 12.4. The normalized spacial score (nSPS) is 11.1. The zero-order valence-electron chi connectivity index (χ0n) is 11.5. The Hall–Kier alpha value is -3.21. The molecule has 4 aromatic rings. The third-order valence-electron chi connectivity index (χ3n) is 3.63. The smallest absolute Gasteiger partial charge is 0.272 e. The number of hydrogen-bond acceptors (Lipinski definition) is 3. The molecule has 2 aromatic carbocycles. The summed E-state index contributed by atoms with van der Waals surface area (Å²) >= 11 is 0. The van der Waals surface area contributed by atoms with Gasteiger partial charge in [-0.3, -0.25) is 4.79 Å². The third-order valence-corrected chi connectivity index (χ3v) is 3.63. The first-order valence-electron chi connectivity index (χ1n) is 6.80. The van der Waals surface area contributed by atoms with Crippen molar-refractivity contribution in [2.75, 3.05) is 5.32 Å². The van der Waals surface area contributed by atoms with E-state index >= 15 is 0 Å². The summed E-state index contributed by atoms with van der Waals surface area (Å²) in [6, 6.07) is 14.0. The summed E-state index contributed by atoms with van der Waals surface area (Å²) in [5.74, 6) is -0.0757. The van der Waals surface area contributed by atoms with Crippen molar-refractivity contribution in [2.24, 2.45) is 0 Å². The zero-order chi connectivity index (χ0) is 15.1. The SMILES string of the molecule is O=C(Nc1cccc2c(O)cccc12)c1cc2occc2[nH]1. The molecule has 0 unspecified atom stereocenters. The number of aromatic nitrogens is 1. The van der Waals surface area contributed by atoms with Gasteiger partial charge in [0.05, 0.1) is 11.8 Å². The average Bonchev–Trinajstić information content (AvgIpc) is 3.09. The molecule has 3 N–H and O–H groups in total. The number of hydrogen-bond donors (Lipinski definition) is 3. The summed E-state index contributed by atoms with van der Waals surface area (Å²) in [4.78, 5) is 15.4. The lowest BCUT2D eigenvalue weighted by Crippen LogP contribution is -2.12. The van der Waals surface area contributed by atoms with Gasteiger partial charge in [-0.2, -0.15) is 0 Å². The van der Waals surface area contributed by atoms with Gasteiger partial charge < -0.3 is 19.8 Å². The van der Waals surface area contributed by atoms with E-state index in [1.165, 1.54) is 0 Å². The number of fused-ring (bicyclic) bond motifs is 2. The second-order valence-electron chi connectivity index (χ2n) is 5.01. The number of nitrogens with one attached hydrogen (secondary N) is 2. The highest BCUT2D eigenvalue weighted by molar-refractivity contribution is 6.10. The van der Waals surface area contributed by atoms with Gasteiger partial charge in [-0.25, -0.2) is 0 Å². The van der Waals surface area contributed by atoms with Crippen molar-refractivity contribution in [2.45, 2.75) is 0 Å². The minimum atomic E-state index is -0.262. The zero-order valence-corrected chi connectivity index (χ0v) is 11.5. The molecule has 1 amide bonds. The molecule has 108 valence electrons. The number of phenols is 1. The van der Waals surface area contributed by atoms with Crippen molar-refractivity contribution < 1.29 is 14.3 Å². The van der Waals surface area contributed by atoms with E-state index in [0.29, 0.717) is 22.4 Å². The van der Waals surface area contributed by atoms with Gasteiger partial charge in [0.2, 0.25) is 0 Å². The van der Waals surface area contributed by atoms with Crippen molar-refractivity contribution in [1.29, 1.82) is 0 Å². The van der Waals surface area contributed by atoms with Gasteiger partial charge in [0.25, 0.3) is 5.91 Å². The molecule has 5 heteroatoms. The number of amides is 1. The van der Waals surface area contributed by atoms with Crippen molar-refractivity contribution in [1.82, 2.24) is 4.98 Å². The number of phenolic OH excluding ortho intramolecular Hbond substituents is 1. The molecule has 0 saturated heterocycles. The van der Waals surface area contributed by atoms with E-state index in [4.69, 9.17) is 4.42 Å². The summed E-state index contributed by atoms with van der Waals surface area (Å²) in [5.41, 5.74) is 2.48. The van der Waals surface area contributed by atoms with Crippen molar-refractivity contribution >= 4 is 33.5 Å². The minimum absolute atomic E-state index is 0.186. The van der Waals surface area contributed by atoms with Crippen LogP contribution < -0.4 is 5.32 Å². The summed E-state index contributed by atoms with van der Waals surface area (Å²) in [6.07, 6.45) is 1.57. The molecule has 2 heterocycles. The number of carbonyl (C=O) groups is 1. The van der Waals surface area contributed by atoms with Crippen LogP contribution >= 0.6 is 0 Å². The first-order chi connectivity index (χ1) is 10.7. The number of furan rings is 1. The van der Waals surface area contributed by atoms with E-state index in [9.17, 15) is 9.90 Å². The molecular formula is C17H12N2O3. The highest BCUT2D eigenvalue weighted by Gasteiger charge is 2.13. The van der Waals surface area contributed by atoms with E-state index in [0.717, 1.165) is 10.9 Å². The summed E-state index contributed by atoms with van der Waals surface area (Å²) < 4.78 is 5.24. The standard InChI is InChI=1S/C17H12N2O3/c20-15-6-2-3-10-11(15)4-1-5-12(10)19-17(21)14-9-16-13(18-14)7-8-22-16/h1-9,18,20H,(H,19,21). The lowest BCUT2D eigenvalue weighted by atomic mass is 10.1. The first kappa shape index (κ1) is 12.5. The molecule has 0 aliphatic carbocycles. The monoisotopic (exact) mass is 292 g/mol. The Kier molecular flexibility index (Phi) is 2.66. The van der Waals surface area contributed by atoms with Crippen LogP contribution in [0.5, 0.6) is 5.75 Å². The van der Waals surface area contributed by atoms with Crippen molar-refractivity contribution in [3.05, 3.63) is 60.5 Å². The van der Waals surface area contributed by atoms with Crippen molar-refractivity contribution in [3.63, 3.8) is 0 Å². The third kappa shape index (κ3) is 1.91. The van der Waals surface area contributed by atoms with Crippen LogP contribution in [0.2, 0.25) is 0 Å². The van der Waals surface area contributed by atoms with Gasteiger partial charge in [0.1, 0.15) is 11.4 Å². The van der Waals surface area contributed by atoms with Crippen LogP contribution in [0.3, 0.4) is 0 Å². The molecule has 0 atom stereocenters. The molecule has 22 heavy (non-hydrogen) atoms. The fourth-order valence-corrected chi connectivity index (χ4v) is 2.56. The molecular weight excluding hydrogens is 280 g/mol. The second kappa shape index (κ2) is 4.66. The van der Waals surface area contributed by atoms with Gasteiger partial charge in [0.15, 0.2) is 5.58 Å². The Morgan fingerprint density at radius 2 is 1.91 bits per heavy atom. The Balaban J connectivity index is 1.72. The number of H-pyrrole nitrogens is 1. The van der Waals surface area contributed by atoms with Crippen LogP contribution in [0.15, 0.2) is 59.2 Å². The van der Waals surface area contributed by atoms with Gasteiger partial charge in [-0.15, -0.1) is 0 Å². The van der Waals surface area contributed by atoms with Crippen molar-refractivity contribution in [3.8, 4) is 5.75 Å². The molecule has 0 spiro atoms. The van der Waals surface area contributed by atoms with Crippen LogP contribution in [-0.2, 0) is 0 Å². The molecule has 5 nitrogen and oxygen atoms in total. The van der Waals surface area contributed by atoms with E-state index in [1.54, 1.807) is 42.7 Å². The molecule has 0 aliphatic heterocycles. The van der Waals surface area contributed by atoms with E-state index in [2.05, 4.69) is 10.3 Å². The molecule has 0 fully saturated rings. The lowest BCUT2D eigenvalue weighted by molar-refractivity contribution is 0.102. The topological polar surface area (TPSA) is 78.3 Å². The lowest BCUT2D eigenvalue weighted by Gasteiger charge is -2.08. The predicted molar refractivity (Wildman–Crippen MR) is 84.1 cm³/mol. The maximum absolute atomic E-state index is 12.4. The van der Waals surface area contributed by atoms with Gasteiger partial charge in [0, 0.05) is 28.6 Å². The average molecular weight is 292 g/mol. The van der Waals surface area contributed by atoms with E-state index < -0.39 is 0 Å². The predicted octanol–water partition coefficient (Wildman–Crippen LogP) is 3.87. The highest BCUT2D eigenvalue weighted by Crippen LogP contribution is 2.30. The molecule has 0 aliphatic rings. The Bertz CT molecular complexity index is 969. The molecule has 2 aromatic heterocycles. The van der Waals surface area contributed by atoms with Gasteiger partial charge in [-0.05, 0) is 12.1 Å². The fourth-order valence-electron chi connectivity index (χ4n) is 2.56. The molecule has 4 rings (SSSR count). The maximum Gasteiger partial charge on any atom is 0.272 e. The number of anilines is 1. The number of rotatable bonds is 2. The van der Waals surface area contributed by atoms with Crippen LogP contribution in [0.1, 0.15) is 10.5 Å². The number of benzene rings is 2. The van der Waals surface area contributed by atoms with E-state index in [1.807, 2.05) is 12.1 Å². The first-order valence-corrected chi connectivity index (χ1v) is 6.80. The molecule has 0 saturated carbocycles. The van der Waals surface area contributed by atoms with Crippen LogP contribution in [-0.4, -0.2) is 16.0 Å². The number of aromatic hydroxyl groups is 1. The van der Waals surface area contributed by atoms with Crippen LogP contribution in [0, 0.1) is 0 Å². The second-order valence-corrected chi connectivity index (χ2v) is 5.01. The van der Waals surface area contributed by atoms with Gasteiger partial charge in [-0.1, -0.05) is 24.3 Å². The van der Waals surface area contributed by atoms with Gasteiger partial charge >= 0.3 is 0 Å². The van der Waals surface area contributed by atoms with E-state index in [-0.39, 0.29) is 11.7 Å². The fraction of sp³-hybridized carbons (Fsp3) is 0. The molecule has 0 bridgehead atoms. The number of carbonyl (C=O) groups excluding carboxylic acids is 1. The quantitative estimate of drug-likeness (QED) is 0.524. The summed E-state index contributed by atoms with van der Waals surface area (Å²) in [6.45, 7) is 0. The summed E-state index contributed by atoms with van der Waals surface area (Å²) in [7, 11) is 0. The van der Waals surface area contributed by atoms with Crippen LogP contribution in [0.25, 0.3) is 21.9 Å². The summed E-state index contributed by atoms with van der Waals surface area (Å²) in [5, 5.41) is 14.2.